The normalized spacial score (nSPS) is 10.5. The fourth-order valence-corrected chi connectivity index (χ4v) is 0.714. The first-order valence-electron chi connectivity index (χ1n) is 3.83. The molecular weight excluding hydrogens is 124 g/mol. The molecule has 1 heteroatoms. The highest BCUT2D eigenvalue weighted by molar-refractivity contribution is 5.64. The standard InChI is InChI=1S/C9H15O/c1-2-3-4-5-6-7-8-9-10/h4,7-9H,2-3,5-6H2,1H3. The Morgan fingerprint density at radius 1 is 1.20 bits per heavy atom. The minimum absolute atomic E-state index is 0.819. The molecule has 0 aliphatic rings. The largest absolute Gasteiger partial charge is 0.299 e. The third-order valence-corrected chi connectivity index (χ3v) is 1.24. The van der Waals surface area contributed by atoms with Crippen LogP contribution in [0.4, 0.5) is 0 Å². The number of carbonyl (C=O) groups excluding carboxylic acids is 1. The van der Waals surface area contributed by atoms with Crippen LogP contribution >= 0.6 is 0 Å². The minimum atomic E-state index is 0.819. The Morgan fingerprint density at radius 2 is 2.00 bits per heavy atom. The van der Waals surface area contributed by atoms with Crippen LogP contribution in [0.2, 0.25) is 0 Å². The van der Waals surface area contributed by atoms with Gasteiger partial charge in [-0.3, -0.25) is 4.79 Å². The van der Waals surface area contributed by atoms with Gasteiger partial charge in [0.05, 0.1) is 0 Å². The molecule has 1 radical (unpaired) electrons. The van der Waals surface area contributed by atoms with Crippen LogP contribution in [0.15, 0.2) is 12.2 Å². The lowest BCUT2D eigenvalue weighted by atomic mass is 10.1. The van der Waals surface area contributed by atoms with Gasteiger partial charge in [0, 0.05) is 0 Å². The van der Waals surface area contributed by atoms with Crippen LogP contribution in [-0.4, -0.2) is 6.29 Å². The van der Waals surface area contributed by atoms with Crippen molar-refractivity contribution in [2.45, 2.75) is 32.6 Å². The monoisotopic (exact) mass is 139 g/mol. The van der Waals surface area contributed by atoms with Gasteiger partial charge in [-0.1, -0.05) is 25.8 Å². The minimum Gasteiger partial charge on any atom is -0.299 e. The maximum absolute atomic E-state index is 9.80. The Hall–Kier alpha value is -0.590. The van der Waals surface area contributed by atoms with Gasteiger partial charge in [0.15, 0.2) is 0 Å². The molecule has 0 N–H and O–H groups in total. The first-order valence-corrected chi connectivity index (χ1v) is 3.83. The van der Waals surface area contributed by atoms with E-state index >= 15 is 0 Å². The predicted octanol–water partition coefficient (Wildman–Crippen LogP) is 2.53. The van der Waals surface area contributed by atoms with Crippen molar-refractivity contribution in [3.63, 3.8) is 0 Å². The van der Waals surface area contributed by atoms with Crippen molar-refractivity contribution >= 4 is 6.29 Å². The number of hydrogen-bond donors (Lipinski definition) is 0. The summed E-state index contributed by atoms with van der Waals surface area (Å²) in [4.78, 5) is 9.80. The van der Waals surface area contributed by atoms with Crippen LogP contribution < -0.4 is 0 Å². The molecule has 0 aromatic carbocycles. The fraction of sp³-hybridized carbons (Fsp3) is 0.556. The summed E-state index contributed by atoms with van der Waals surface area (Å²) in [6.07, 6.45) is 11.0. The average molecular weight is 139 g/mol. The predicted molar refractivity (Wildman–Crippen MR) is 43.6 cm³/mol. The summed E-state index contributed by atoms with van der Waals surface area (Å²) in [6.45, 7) is 2.16. The van der Waals surface area contributed by atoms with Gasteiger partial charge in [-0.2, -0.15) is 0 Å². The molecule has 1 nitrogen and oxygen atoms in total. The molecule has 0 saturated carbocycles. The molecular formula is C9H15O. The van der Waals surface area contributed by atoms with Crippen LogP contribution in [0.25, 0.3) is 0 Å². The lowest BCUT2D eigenvalue weighted by molar-refractivity contribution is -0.104. The maximum Gasteiger partial charge on any atom is 0.142 e. The van der Waals surface area contributed by atoms with E-state index in [2.05, 4.69) is 13.3 Å². The summed E-state index contributed by atoms with van der Waals surface area (Å²) in [5, 5.41) is 0. The Bertz CT molecular complexity index is 94.9. The van der Waals surface area contributed by atoms with E-state index < -0.39 is 0 Å². The molecule has 0 rings (SSSR count). The Morgan fingerprint density at radius 3 is 2.60 bits per heavy atom. The van der Waals surface area contributed by atoms with Crippen molar-refractivity contribution in [2.24, 2.45) is 0 Å². The highest BCUT2D eigenvalue weighted by Crippen LogP contribution is 2.00. The number of rotatable bonds is 6. The quantitative estimate of drug-likeness (QED) is 0.314. The summed E-state index contributed by atoms with van der Waals surface area (Å²) < 4.78 is 0. The Kier molecular flexibility index (Phi) is 7.91. The van der Waals surface area contributed by atoms with Crippen molar-refractivity contribution in [1.29, 1.82) is 0 Å². The van der Waals surface area contributed by atoms with E-state index in [9.17, 15) is 4.79 Å². The van der Waals surface area contributed by atoms with Gasteiger partial charge in [-0.25, -0.2) is 0 Å². The fourth-order valence-electron chi connectivity index (χ4n) is 0.714. The molecule has 0 aromatic heterocycles. The highest BCUT2D eigenvalue weighted by atomic mass is 16.1. The van der Waals surface area contributed by atoms with Crippen LogP contribution in [0, 0.1) is 6.42 Å². The molecule has 0 heterocycles. The Labute approximate surface area is 63.1 Å². The number of allylic oxidation sites excluding steroid dienone is 2. The SMILES string of the molecule is CCC[CH]CCC=CC=O. The Balaban J connectivity index is 2.90. The molecule has 0 aromatic rings. The van der Waals surface area contributed by atoms with E-state index in [1.807, 2.05) is 6.08 Å². The summed E-state index contributed by atoms with van der Waals surface area (Å²) >= 11 is 0. The van der Waals surface area contributed by atoms with Gasteiger partial charge in [-0.15, -0.1) is 0 Å². The van der Waals surface area contributed by atoms with Crippen molar-refractivity contribution < 1.29 is 4.79 Å². The average Bonchev–Trinajstić information content (AvgIpc) is 1.97. The van der Waals surface area contributed by atoms with Crippen LogP contribution in [0.1, 0.15) is 32.6 Å². The van der Waals surface area contributed by atoms with Crippen molar-refractivity contribution in [2.75, 3.05) is 0 Å². The van der Waals surface area contributed by atoms with Gasteiger partial charge in [0.1, 0.15) is 6.29 Å². The maximum atomic E-state index is 9.80. The third kappa shape index (κ3) is 7.41. The summed E-state index contributed by atoms with van der Waals surface area (Å²) in [5.41, 5.74) is 0. The van der Waals surface area contributed by atoms with E-state index in [4.69, 9.17) is 0 Å². The molecule has 0 atom stereocenters. The summed E-state index contributed by atoms with van der Waals surface area (Å²) in [6, 6.07) is 0. The molecule has 0 amide bonds. The zero-order valence-electron chi connectivity index (χ0n) is 6.55. The van der Waals surface area contributed by atoms with Crippen molar-refractivity contribution in [3.05, 3.63) is 18.6 Å². The highest BCUT2D eigenvalue weighted by Gasteiger charge is 1.83. The molecule has 0 saturated heterocycles. The van der Waals surface area contributed by atoms with Crippen LogP contribution in [0.5, 0.6) is 0 Å². The van der Waals surface area contributed by atoms with Gasteiger partial charge >= 0.3 is 0 Å². The summed E-state index contributed by atoms with van der Waals surface area (Å²) in [7, 11) is 0. The number of hydrogen-bond acceptors (Lipinski definition) is 1. The zero-order valence-corrected chi connectivity index (χ0v) is 6.55. The second-order valence-electron chi connectivity index (χ2n) is 2.22. The van der Waals surface area contributed by atoms with E-state index in [0.717, 1.165) is 19.1 Å². The number of aldehydes is 1. The van der Waals surface area contributed by atoms with E-state index in [0.29, 0.717) is 0 Å². The lowest BCUT2D eigenvalue weighted by Crippen LogP contribution is -1.74. The van der Waals surface area contributed by atoms with Gasteiger partial charge < -0.3 is 0 Å². The molecule has 10 heavy (non-hydrogen) atoms. The molecule has 0 spiro atoms. The van der Waals surface area contributed by atoms with E-state index in [1.165, 1.54) is 12.8 Å². The van der Waals surface area contributed by atoms with Crippen LogP contribution in [0.3, 0.4) is 0 Å². The zero-order chi connectivity index (χ0) is 7.66. The van der Waals surface area contributed by atoms with E-state index in [-0.39, 0.29) is 0 Å². The molecule has 0 fully saturated rings. The summed E-state index contributed by atoms with van der Waals surface area (Å²) in [5.74, 6) is 0. The topological polar surface area (TPSA) is 17.1 Å². The molecule has 0 unspecified atom stereocenters. The molecule has 0 aliphatic carbocycles. The number of unbranched alkanes of at least 4 members (excludes halogenated alkanes) is 4. The molecule has 0 bridgehead atoms. The molecule has 57 valence electrons. The lowest BCUT2D eigenvalue weighted by Gasteiger charge is -1.91. The molecule has 0 aliphatic heterocycles. The second-order valence-corrected chi connectivity index (χ2v) is 2.22. The first kappa shape index (κ1) is 9.41. The van der Waals surface area contributed by atoms with Gasteiger partial charge in [0.2, 0.25) is 0 Å². The van der Waals surface area contributed by atoms with Gasteiger partial charge in [0.25, 0.3) is 0 Å². The van der Waals surface area contributed by atoms with Crippen molar-refractivity contribution in [3.8, 4) is 0 Å². The first-order chi connectivity index (χ1) is 4.91. The van der Waals surface area contributed by atoms with Crippen LogP contribution in [-0.2, 0) is 4.79 Å². The third-order valence-electron chi connectivity index (χ3n) is 1.24. The smallest absolute Gasteiger partial charge is 0.142 e. The number of carbonyl (C=O) groups is 1. The second kappa shape index (κ2) is 8.41. The van der Waals surface area contributed by atoms with Gasteiger partial charge in [-0.05, 0) is 25.3 Å². The van der Waals surface area contributed by atoms with Crippen molar-refractivity contribution in [1.82, 2.24) is 0 Å². The van der Waals surface area contributed by atoms with E-state index in [1.54, 1.807) is 6.08 Å².